The molecular weight excluding hydrogens is 323 g/mol. The van der Waals surface area contributed by atoms with Gasteiger partial charge in [-0.05, 0) is 31.9 Å². The van der Waals surface area contributed by atoms with Crippen LogP contribution in [0.4, 0.5) is 4.39 Å². The molecule has 1 N–H and O–H groups in total. The molecule has 0 unspecified atom stereocenters. The molecule has 25 heavy (non-hydrogen) atoms. The van der Waals surface area contributed by atoms with E-state index in [1.165, 1.54) is 25.0 Å². The van der Waals surface area contributed by atoms with Crippen molar-refractivity contribution < 1.29 is 8.91 Å². The van der Waals surface area contributed by atoms with Crippen LogP contribution in [-0.4, -0.2) is 24.9 Å². The summed E-state index contributed by atoms with van der Waals surface area (Å²) >= 11 is 0. The fraction of sp³-hybridized carbons (Fsp3) is 0.412. The molecule has 2 aromatic heterocycles. The van der Waals surface area contributed by atoms with E-state index in [1.807, 2.05) is 18.5 Å². The number of nitrogens with zero attached hydrogens (tertiary/aromatic N) is 5. The van der Waals surface area contributed by atoms with Gasteiger partial charge in [-0.2, -0.15) is 4.98 Å². The van der Waals surface area contributed by atoms with Gasteiger partial charge in [0.05, 0.1) is 12.6 Å². The summed E-state index contributed by atoms with van der Waals surface area (Å²) in [5.41, 5.74) is 0.588. The second-order valence-corrected chi connectivity index (χ2v) is 6.38. The molecule has 1 aliphatic carbocycles. The number of benzene rings is 1. The Bertz CT molecular complexity index is 885. The van der Waals surface area contributed by atoms with Crippen molar-refractivity contribution in [1.82, 2.24) is 30.2 Å². The molecule has 0 aliphatic heterocycles. The van der Waals surface area contributed by atoms with Gasteiger partial charge in [-0.1, -0.05) is 17.3 Å². The van der Waals surface area contributed by atoms with Crippen LogP contribution in [0.3, 0.4) is 0 Å². The second-order valence-electron chi connectivity index (χ2n) is 6.38. The van der Waals surface area contributed by atoms with E-state index in [4.69, 9.17) is 4.52 Å². The highest BCUT2D eigenvalue weighted by atomic mass is 19.1. The van der Waals surface area contributed by atoms with Gasteiger partial charge < -0.3 is 9.09 Å². The third-order valence-corrected chi connectivity index (χ3v) is 4.40. The smallest absolute Gasteiger partial charge is 0.243 e. The molecule has 0 bridgehead atoms. The van der Waals surface area contributed by atoms with Crippen LogP contribution in [0.2, 0.25) is 0 Å². The zero-order valence-electron chi connectivity index (χ0n) is 14.1. The second kappa shape index (κ2) is 6.36. The minimum Gasteiger partial charge on any atom is -0.337 e. The summed E-state index contributed by atoms with van der Waals surface area (Å²) < 4.78 is 20.7. The topological polar surface area (TPSA) is 81.7 Å². The highest BCUT2D eigenvalue weighted by Gasteiger charge is 2.29. The summed E-state index contributed by atoms with van der Waals surface area (Å²) in [6.45, 7) is 2.48. The van der Waals surface area contributed by atoms with Crippen LogP contribution in [0.1, 0.15) is 49.3 Å². The lowest BCUT2D eigenvalue weighted by molar-refractivity contribution is 0.337. The molecule has 1 aliphatic rings. The van der Waals surface area contributed by atoms with Crippen molar-refractivity contribution in [3.05, 3.63) is 47.6 Å². The monoisotopic (exact) mass is 342 g/mol. The van der Waals surface area contributed by atoms with Crippen molar-refractivity contribution in [2.45, 2.75) is 38.3 Å². The number of rotatable bonds is 6. The molecule has 8 heteroatoms. The third kappa shape index (κ3) is 3.30. The molecule has 0 amide bonds. The van der Waals surface area contributed by atoms with Crippen molar-refractivity contribution in [2.75, 3.05) is 0 Å². The Hall–Kier alpha value is -2.61. The van der Waals surface area contributed by atoms with E-state index in [0.29, 0.717) is 29.7 Å². The van der Waals surface area contributed by atoms with Gasteiger partial charge >= 0.3 is 0 Å². The van der Waals surface area contributed by atoms with Gasteiger partial charge in [0.2, 0.25) is 11.7 Å². The molecule has 1 saturated carbocycles. The van der Waals surface area contributed by atoms with Gasteiger partial charge in [0.25, 0.3) is 0 Å². The standard InChI is InChI=1S/C17H19FN6O/c1-10(19-9-14-21-22-16(24(14)2)11-6-7-11)17-20-15(23-25-17)12-4-3-5-13(18)8-12/h3-5,8,10-11,19H,6-7,9H2,1-2H3/t10-/m1/s1. The van der Waals surface area contributed by atoms with Crippen molar-refractivity contribution >= 4 is 0 Å². The fourth-order valence-corrected chi connectivity index (χ4v) is 2.71. The molecule has 3 aromatic rings. The molecular formula is C17H19FN6O. The van der Waals surface area contributed by atoms with Crippen LogP contribution in [0, 0.1) is 5.82 Å². The number of hydrogen-bond donors (Lipinski definition) is 1. The molecule has 7 nitrogen and oxygen atoms in total. The number of nitrogens with one attached hydrogen (secondary N) is 1. The van der Waals surface area contributed by atoms with Crippen molar-refractivity contribution in [3.8, 4) is 11.4 Å². The Morgan fingerprint density at radius 2 is 2.20 bits per heavy atom. The maximum atomic E-state index is 13.3. The van der Waals surface area contributed by atoms with Crippen LogP contribution in [0.25, 0.3) is 11.4 Å². The lowest BCUT2D eigenvalue weighted by atomic mass is 10.2. The minimum atomic E-state index is -0.330. The van der Waals surface area contributed by atoms with Crippen LogP contribution in [0.15, 0.2) is 28.8 Å². The fourth-order valence-electron chi connectivity index (χ4n) is 2.71. The molecule has 0 saturated heterocycles. The van der Waals surface area contributed by atoms with E-state index in [1.54, 1.807) is 12.1 Å². The van der Waals surface area contributed by atoms with E-state index < -0.39 is 0 Å². The Morgan fingerprint density at radius 1 is 1.36 bits per heavy atom. The average Bonchev–Trinajstić information content (AvgIpc) is 3.19. The molecule has 0 spiro atoms. The van der Waals surface area contributed by atoms with Crippen molar-refractivity contribution in [3.63, 3.8) is 0 Å². The van der Waals surface area contributed by atoms with E-state index in [0.717, 1.165) is 11.6 Å². The summed E-state index contributed by atoms with van der Waals surface area (Å²) in [6.07, 6.45) is 2.39. The Kier molecular flexibility index (Phi) is 4.04. The Morgan fingerprint density at radius 3 is 2.96 bits per heavy atom. The highest BCUT2D eigenvalue weighted by Crippen LogP contribution is 2.38. The first-order valence-electron chi connectivity index (χ1n) is 8.33. The Balaban J connectivity index is 1.42. The maximum absolute atomic E-state index is 13.3. The van der Waals surface area contributed by atoms with Crippen LogP contribution in [-0.2, 0) is 13.6 Å². The zero-order valence-corrected chi connectivity index (χ0v) is 14.1. The summed E-state index contributed by atoms with van der Waals surface area (Å²) in [5, 5.41) is 15.8. The molecule has 1 fully saturated rings. The van der Waals surface area contributed by atoms with Gasteiger partial charge in [-0.3, -0.25) is 5.32 Å². The van der Waals surface area contributed by atoms with Crippen LogP contribution >= 0.6 is 0 Å². The molecule has 4 rings (SSSR count). The lowest BCUT2D eigenvalue weighted by Gasteiger charge is -2.09. The molecule has 130 valence electrons. The minimum absolute atomic E-state index is 0.157. The van der Waals surface area contributed by atoms with Gasteiger partial charge in [-0.25, -0.2) is 4.39 Å². The van der Waals surface area contributed by atoms with Crippen molar-refractivity contribution in [1.29, 1.82) is 0 Å². The third-order valence-electron chi connectivity index (χ3n) is 4.40. The van der Waals surface area contributed by atoms with E-state index in [2.05, 4.69) is 25.7 Å². The molecule has 2 heterocycles. The summed E-state index contributed by atoms with van der Waals surface area (Å²) in [6, 6.07) is 5.97. The van der Waals surface area contributed by atoms with Crippen LogP contribution < -0.4 is 5.32 Å². The van der Waals surface area contributed by atoms with Crippen LogP contribution in [0.5, 0.6) is 0 Å². The van der Waals surface area contributed by atoms with Gasteiger partial charge in [0.15, 0.2) is 0 Å². The first-order chi connectivity index (χ1) is 12.1. The molecule has 1 atom stereocenters. The maximum Gasteiger partial charge on any atom is 0.243 e. The number of halogens is 1. The SMILES string of the molecule is C[C@@H](NCc1nnc(C2CC2)n1C)c1nc(-c2cccc(F)c2)no1. The number of aromatic nitrogens is 5. The first-order valence-corrected chi connectivity index (χ1v) is 8.33. The van der Waals surface area contributed by atoms with Gasteiger partial charge in [-0.15, -0.1) is 10.2 Å². The normalized spacial score (nSPS) is 15.5. The summed E-state index contributed by atoms with van der Waals surface area (Å²) in [5.74, 6) is 2.98. The van der Waals surface area contributed by atoms with Gasteiger partial charge in [0, 0.05) is 18.5 Å². The first kappa shape index (κ1) is 15.9. The largest absolute Gasteiger partial charge is 0.337 e. The van der Waals surface area contributed by atoms with E-state index in [-0.39, 0.29) is 11.9 Å². The average molecular weight is 342 g/mol. The quantitative estimate of drug-likeness (QED) is 0.742. The predicted molar refractivity (Wildman–Crippen MR) is 87.9 cm³/mol. The zero-order chi connectivity index (χ0) is 17.4. The van der Waals surface area contributed by atoms with Crippen molar-refractivity contribution in [2.24, 2.45) is 7.05 Å². The summed E-state index contributed by atoms with van der Waals surface area (Å²) in [7, 11) is 1.99. The van der Waals surface area contributed by atoms with E-state index in [9.17, 15) is 4.39 Å². The number of hydrogen-bond acceptors (Lipinski definition) is 6. The lowest BCUT2D eigenvalue weighted by Crippen LogP contribution is -2.20. The molecule has 1 aromatic carbocycles. The predicted octanol–water partition coefficient (Wildman–Crippen LogP) is 2.73. The highest BCUT2D eigenvalue weighted by molar-refractivity contribution is 5.53. The molecule has 0 radical (unpaired) electrons. The summed E-state index contributed by atoms with van der Waals surface area (Å²) in [4.78, 5) is 4.35. The van der Waals surface area contributed by atoms with Gasteiger partial charge in [0.1, 0.15) is 17.5 Å². The van der Waals surface area contributed by atoms with E-state index >= 15 is 0 Å². The Labute approximate surface area is 144 Å².